The highest BCUT2D eigenvalue weighted by Crippen LogP contribution is 2.19. The molecule has 1 amide bonds. The first kappa shape index (κ1) is 17.2. The van der Waals surface area contributed by atoms with Crippen LogP contribution in [0.25, 0.3) is 0 Å². The van der Waals surface area contributed by atoms with Crippen molar-refractivity contribution in [1.29, 1.82) is 0 Å². The molecule has 5 nitrogen and oxygen atoms in total. The van der Waals surface area contributed by atoms with Gasteiger partial charge in [0.1, 0.15) is 5.82 Å². The van der Waals surface area contributed by atoms with Gasteiger partial charge in [-0.05, 0) is 42.9 Å². The first-order valence-electron chi connectivity index (χ1n) is 8.07. The molecule has 1 aliphatic rings. The molecule has 1 fully saturated rings. The summed E-state index contributed by atoms with van der Waals surface area (Å²) in [6.07, 6.45) is 3.31. The summed E-state index contributed by atoms with van der Waals surface area (Å²) < 4.78 is 12.9. The van der Waals surface area contributed by atoms with E-state index in [0.29, 0.717) is 12.3 Å². The maximum Gasteiger partial charge on any atom is 0.217 e. The number of guanidine groups is 1. The molecule has 1 aromatic carbocycles. The van der Waals surface area contributed by atoms with Crippen LogP contribution in [0.4, 0.5) is 4.39 Å². The van der Waals surface area contributed by atoms with Crippen molar-refractivity contribution in [3.63, 3.8) is 0 Å². The Morgan fingerprint density at radius 2 is 2.17 bits per heavy atom. The Kier molecular flexibility index (Phi) is 6.38. The highest BCUT2D eigenvalue weighted by atomic mass is 19.1. The molecule has 0 aromatic heterocycles. The van der Waals surface area contributed by atoms with Crippen molar-refractivity contribution >= 4 is 11.9 Å². The summed E-state index contributed by atoms with van der Waals surface area (Å²) in [5.74, 6) is 0.695. The molecule has 1 aliphatic heterocycles. The van der Waals surface area contributed by atoms with Gasteiger partial charge in [0.25, 0.3) is 0 Å². The summed E-state index contributed by atoms with van der Waals surface area (Å²) in [7, 11) is 1.76. The molecule has 1 heterocycles. The fraction of sp³-hybridized carbons (Fsp3) is 0.529. The quantitative estimate of drug-likeness (QED) is 0.638. The molecule has 0 spiro atoms. The van der Waals surface area contributed by atoms with E-state index in [1.54, 1.807) is 19.2 Å². The highest BCUT2D eigenvalue weighted by molar-refractivity contribution is 5.80. The van der Waals surface area contributed by atoms with Crippen LogP contribution in [0.3, 0.4) is 0 Å². The molecule has 0 aliphatic carbocycles. The van der Waals surface area contributed by atoms with Crippen LogP contribution < -0.4 is 11.1 Å². The molecule has 3 N–H and O–H groups in total. The van der Waals surface area contributed by atoms with Crippen molar-refractivity contribution in [2.75, 3.05) is 26.7 Å². The van der Waals surface area contributed by atoms with Gasteiger partial charge < -0.3 is 16.0 Å². The summed E-state index contributed by atoms with van der Waals surface area (Å²) in [5.41, 5.74) is 6.39. The number of likely N-dealkylation sites (tertiary alicyclic amines) is 1. The number of piperidine rings is 1. The zero-order chi connectivity index (χ0) is 16.7. The first-order valence-corrected chi connectivity index (χ1v) is 8.07. The van der Waals surface area contributed by atoms with Gasteiger partial charge in [-0.1, -0.05) is 12.1 Å². The van der Waals surface area contributed by atoms with Gasteiger partial charge in [-0.25, -0.2) is 4.39 Å². The van der Waals surface area contributed by atoms with E-state index in [4.69, 9.17) is 5.73 Å². The predicted molar refractivity (Wildman–Crippen MR) is 89.6 cm³/mol. The Bertz CT molecular complexity index is 544. The monoisotopic (exact) mass is 320 g/mol. The number of benzene rings is 1. The molecule has 2 rings (SSSR count). The predicted octanol–water partition coefficient (Wildman–Crippen LogP) is 1.53. The molecular weight excluding hydrogens is 295 g/mol. The van der Waals surface area contributed by atoms with Crippen molar-refractivity contribution in [3.05, 3.63) is 35.6 Å². The average Bonchev–Trinajstić information content (AvgIpc) is 2.53. The number of amides is 1. The Morgan fingerprint density at radius 1 is 1.43 bits per heavy atom. The van der Waals surface area contributed by atoms with E-state index < -0.39 is 0 Å². The molecule has 23 heavy (non-hydrogen) atoms. The Labute approximate surface area is 136 Å². The zero-order valence-electron chi connectivity index (χ0n) is 13.6. The van der Waals surface area contributed by atoms with Crippen molar-refractivity contribution in [2.45, 2.75) is 25.7 Å². The molecule has 0 saturated carbocycles. The van der Waals surface area contributed by atoms with E-state index >= 15 is 0 Å². The number of nitrogens with two attached hydrogens (primary N) is 1. The summed E-state index contributed by atoms with van der Waals surface area (Å²) in [5, 5.41) is 3.34. The van der Waals surface area contributed by atoms with Gasteiger partial charge in [0.15, 0.2) is 5.96 Å². The van der Waals surface area contributed by atoms with E-state index in [0.717, 1.165) is 50.4 Å². The lowest BCUT2D eigenvalue weighted by Gasteiger charge is -2.34. The zero-order valence-corrected chi connectivity index (χ0v) is 13.6. The minimum Gasteiger partial charge on any atom is -0.370 e. The summed E-state index contributed by atoms with van der Waals surface area (Å²) in [6, 6.07) is 6.54. The van der Waals surface area contributed by atoms with Crippen LogP contribution in [0.5, 0.6) is 0 Å². The SMILES string of the molecule is CN=C(NCCc1ccc(F)cc1)N1CCCC(CC(N)=O)C1. The number of aliphatic imine (C=N–C) groups is 1. The number of hydrogen-bond donors (Lipinski definition) is 2. The molecule has 0 radical (unpaired) electrons. The Balaban J connectivity index is 1.82. The number of nitrogens with zero attached hydrogens (tertiary/aromatic N) is 2. The van der Waals surface area contributed by atoms with Crippen LogP contribution in [0.2, 0.25) is 0 Å². The third kappa shape index (κ3) is 5.54. The lowest BCUT2D eigenvalue weighted by atomic mass is 9.95. The van der Waals surface area contributed by atoms with Crippen molar-refractivity contribution in [2.24, 2.45) is 16.6 Å². The third-order valence-electron chi connectivity index (χ3n) is 4.13. The van der Waals surface area contributed by atoms with Crippen LogP contribution in [-0.4, -0.2) is 43.4 Å². The lowest BCUT2D eigenvalue weighted by Crippen LogP contribution is -2.47. The molecule has 1 atom stereocenters. The van der Waals surface area contributed by atoms with Crippen LogP contribution in [0, 0.1) is 11.7 Å². The van der Waals surface area contributed by atoms with Crippen molar-refractivity contribution in [1.82, 2.24) is 10.2 Å². The maximum atomic E-state index is 12.9. The van der Waals surface area contributed by atoms with Crippen LogP contribution in [0.15, 0.2) is 29.3 Å². The van der Waals surface area contributed by atoms with Gasteiger partial charge in [-0.2, -0.15) is 0 Å². The van der Waals surface area contributed by atoms with Crippen molar-refractivity contribution < 1.29 is 9.18 Å². The molecule has 1 saturated heterocycles. The third-order valence-corrected chi connectivity index (χ3v) is 4.13. The van der Waals surface area contributed by atoms with E-state index in [9.17, 15) is 9.18 Å². The second-order valence-electron chi connectivity index (χ2n) is 5.98. The second-order valence-corrected chi connectivity index (χ2v) is 5.98. The fourth-order valence-corrected chi connectivity index (χ4v) is 3.01. The van der Waals surface area contributed by atoms with Gasteiger partial charge in [0.2, 0.25) is 5.91 Å². The van der Waals surface area contributed by atoms with Crippen LogP contribution in [-0.2, 0) is 11.2 Å². The van der Waals surface area contributed by atoms with Gasteiger partial charge >= 0.3 is 0 Å². The molecule has 1 aromatic rings. The lowest BCUT2D eigenvalue weighted by molar-refractivity contribution is -0.119. The minimum absolute atomic E-state index is 0.216. The van der Waals surface area contributed by atoms with Gasteiger partial charge in [0.05, 0.1) is 0 Å². The first-order chi connectivity index (χ1) is 11.1. The number of carbonyl (C=O) groups excluding carboxylic acids is 1. The van der Waals surface area contributed by atoms with Crippen LogP contribution in [0.1, 0.15) is 24.8 Å². The van der Waals surface area contributed by atoms with Gasteiger partial charge in [0, 0.05) is 33.1 Å². The molecule has 6 heteroatoms. The maximum absolute atomic E-state index is 12.9. The number of hydrogen-bond acceptors (Lipinski definition) is 2. The number of halogens is 1. The van der Waals surface area contributed by atoms with E-state index in [-0.39, 0.29) is 11.7 Å². The molecule has 126 valence electrons. The normalized spacial score (nSPS) is 18.8. The summed E-state index contributed by atoms with van der Waals surface area (Å²) in [4.78, 5) is 17.6. The largest absolute Gasteiger partial charge is 0.370 e. The second kappa shape index (κ2) is 8.50. The topological polar surface area (TPSA) is 70.7 Å². The van der Waals surface area contributed by atoms with E-state index in [2.05, 4.69) is 15.2 Å². The molecular formula is C17H25FN4O. The Morgan fingerprint density at radius 3 is 2.83 bits per heavy atom. The number of nitrogens with one attached hydrogen (secondary N) is 1. The smallest absolute Gasteiger partial charge is 0.217 e. The van der Waals surface area contributed by atoms with Gasteiger partial charge in [-0.3, -0.25) is 9.79 Å². The standard InChI is InChI=1S/C17H25FN4O/c1-20-17(21-9-8-13-4-6-15(18)7-5-13)22-10-2-3-14(12-22)11-16(19)23/h4-7,14H,2-3,8-12H2,1H3,(H2,19,23)(H,20,21). The molecule has 0 bridgehead atoms. The van der Waals surface area contributed by atoms with Crippen LogP contribution >= 0.6 is 0 Å². The van der Waals surface area contributed by atoms with Gasteiger partial charge in [-0.15, -0.1) is 0 Å². The number of primary amides is 1. The number of carbonyl (C=O) groups is 1. The average molecular weight is 320 g/mol. The van der Waals surface area contributed by atoms with Crippen molar-refractivity contribution in [3.8, 4) is 0 Å². The highest BCUT2D eigenvalue weighted by Gasteiger charge is 2.23. The summed E-state index contributed by atoms with van der Waals surface area (Å²) in [6.45, 7) is 2.47. The number of rotatable bonds is 5. The molecule has 1 unspecified atom stereocenters. The van der Waals surface area contributed by atoms with E-state index in [1.807, 2.05) is 0 Å². The fourth-order valence-electron chi connectivity index (χ4n) is 3.01. The minimum atomic E-state index is -0.240. The Hall–Kier alpha value is -2.11. The van der Waals surface area contributed by atoms with E-state index in [1.165, 1.54) is 12.1 Å². The summed E-state index contributed by atoms with van der Waals surface area (Å²) >= 11 is 0.